The van der Waals surface area contributed by atoms with Gasteiger partial charge in [-0.15, -0.1) is 0 Å². The Hall–Kier alpha value is -1.13. The molecule has 1 aromatic heterocycles. The van der Waals surface area contributed by atoms with E-state index in [1.807, 2.05) is 19.1 Å². The molecule has 0 spiro atoms. The van der Waals surface area contributed by atoms with Gasteiger partial charge in [-0.25, -0.2) is 0 Å². The molecule has 1 saturated heterocycles. The van der Waals surface area contributed by atoms with Crippen molar-refractivity contribution in [3.05, 3.63) is 24.0 Å². The van der Waals surface area contributed by atoms with Crippen molar-refractivity contribution in [2.75, 3.05) is 32.9 Å². The van der Waals surface area contributed by atoms with Crippen LogP contribution in [0.5, 0.6) is 5.75 Å². The molecule has 0 bridgehead atoms. The van der Waals surface area contributed by atoms with Crippen molar-refractivity contribution < 1.29 is 9.47 Å². The van der Waals surface area contributed by atoms with E-state index in [1.165, 1.54) is 6.42 Å². The molecular formula is C13H20N2O2. The summed E-state index contributed by atoms with van der Waals surface area (Å²) in [5.41, 5.74) is 1.01. The lowest BCUT2D eigenvalue weighted by Gasteiger charge is -2.10. The van der Waals surface area contributed by atoms with E-state index in [2.05, 4.69) is 10.3 Å². The molecule has 1 aromatic rings. The van der Waals surface area contributed by atoms with E-state index < -0.39 is 0 Å². The third-order valence-electron chi connectivity index (χ3n) is 2.89. The van der Waals surface area contributed by atoms with Gasteiger partial charge in [0, 0.05) is 25.4 Å². The van der Waals surface area contributed by atoms with E-state index in [-0.39, 0.29) is 0 Å². The van der Waals surface area contributed by atoms with Crippen molar-refractivity contribution in [1.82, 2.24) is 10.3 Å². The third kappa shape index (κ3) is 4.32. The molecule has 17 heavy (non-hydrogen) atoms. The first-order valence-electron chi connectivity index (χ1n) is 6.18. The zero-order chi connectivity index (χ0) is 11.9. The Morgan fingerprint density at radius 3 is 3.18 bits per heavy atom. The van der Waals surface area contributed by atoms with Crippen molar-refractivity contribution in [1.29, 1.82) is 0 Å². The van der Waals surface area contributed by atoms with Crippen LogP contribution in [0.25, 0.3) is 0 Å². The summed E-state index contributed by atoms with van der Waals surface area (Å²) < 4.78 is 10.9. The number of pyridine rings is 1. The molecule has 1 aliphatic heterocycles. The van der Waals surface area contributed by atoms with Crippen molar-refractivity contribution >= 4 is 0 Å². The first-order valence-corrected chi connectivity index (χ1v) is 6.18. The van der Waals surface area contributed by atoms with Gasteiger partial charge in [0.1, 0.15) is 12.4 Å². The fourth-order valence-corrected chi connectivity index (χ4v) is 1.83. The van der Waals surface area contributed by atoms with E-state index in [4.69, 9.17) is 9.47 Å². The van der Waals surface area contributed by atoms with Gasteiger partial charge in [0.2, 0.25) is 0 Å². The predicted octanol–water partition coefficient (Wildman–Crippen LogP) is 1.39. The number of nitrogens with one attached hydrogen (secondary N) is 1. The van der Waals surface area contributed by atoms with Crippen LogP contribution in [0.1, 0.15) is 12.1 Å². The topological polar surface area (TPSA) is 43.4 Å². The van der Waals surface area contributed by atoms with Gasteiger partial charge in [-0.2, -0.15) is 0 Å². The second-order valence-electron chi connectivity index (χ2n) is 4.42. The van der Waals surface area contributed by atoms with Crippen LogP contribution in [0.4, 0.5) is 0 Å². The summed E-state index contributed by atoms with van der Waals surface area (Å²) in [4.78, 5) is 4.18. The number of aryl methyl sites for hydroxylation is 1. The van der Waals surface area contributed by atoms with Crippen molar-refractivity contribution in [3.8, 4) is 5.75 Å². The zero-order valence-electron chi connectivity index (χ0n) is 10.3. The van der Waals surface area contributed by atoms with Crippen LogP contribution in [0.3, 0.4) is 0 Å². The molecular weight excluding hydrogens is 216 g/mol. The maximum Gasteiger partial charge on any atom is 0.137 e. The molecule has 1 N–H and O–H groups in total. The predicted molar refractivity (Wildman–Crippen MR) is 66.3 cm³/mol. The molecule has 0 aliphatic carbocycles. The second kappa shape index (κ2) is 6.57. The summed E-state index contributed by atoms with van der Waals surface area (Å²) >= 11 is 0. The van der Waals surface area contributed by atoms with Gasteiger partial charge in [-0.1, -0.05) is 0 Å². The highest BCUT2D eigenvalue weighted by molar-refractivity contribution is 5.18. The summed E-state index contributed by atoms with van der Waals surface area (Å²) in [6.07, 6.45) is 2.94. The Morgan fingerprint density at radius 2 is 2.47 bits per heavy atom. The fraction of sp³-hybridized carbons (Fsp3) is 0.615. The lowest BCUT2D eigenvalue weighted by Crippen LogP contribution is -2.27. The molecule has 4 nitrogen and oxygen atoms in total. The van der Waals surface area contributed by atoms with Gasteiger partial charge in [-0.05, 0) is 31.4 Å². The smallest absolute Gasteiger partial charge is 0.137 e. The van der Waals surface area contributed by atoms with Crippen LogP contribution in [0.15, 0.2) is 18.3 Å². The minimum Gasteiger partial charge on any atom is -0.491 e. The van der Waals surface area contributed by atoms with Gasteiger partial charge < -0.3 is 14.8 Å². The van der Waals surface area contributed by atoms with Crippen LogP contribution in [0.2, 0.25) is 0 Å². The minimum atomic E-state index is 0.677. The Morgan fingerprint density at radius 1 is 1.53 bits per heavy atom. The Kier molecular flexibility index (Phi) is 4.76. The van der Waals surface area contributed by atoms with Crippen LogP contribution in [-0.4, -0.2) is 37.9 Å². The average molecular weight is 236 g/mol. The van der Waals surface area contributed by atoms with Crippen molar-refractivity contribution in [2.24, 2.45) is 5.92 Å². The number of aromatic nitrogens is 1. The largest absolute Gasteiger partial charge is 0.491 e. The van der Waals surface area contributed by atoms with E-state index in [0.29, 0.717) is 12.5 Å². The standard InChI is InChI=1S/C13H20N2O2/c1-11-2-3-13(9-15-11)17-7-5-14-8-12-4-6-16-10-12/h2-3,9,12,14H,4-8,10H2,1H3. The Bertz CT molecular complexity index is 321. The maximum absolute atomic E-state index is 5.57. The molecule has 0 amide bonds. The zero-order valence-corrected chi connectivity index (χ0v) is 10.3. The average Bonchev–Trinajstić information content (AvgIpc) is 2.84. The molecule has 2 heterocycles. The first-order chi connectivity index (χ1) is 8.34. The van der Waals surface area contributed by atoms with E-state index in [1.54, 1.807) is 6.20 Å². The summed E-state index contributed by atoms with van der Waals surface area (Å²) in [7, 11) is 0. The van der Waals surface area contributed by atoms with Crippen molar-refractivity contribution in [2.45, 2.75) is 13.3 Å². The van der Waals surface area contributed by atoms with Gasteiger partial charge >= 0.3 is 0 Å². The van der Waals surface area contributed by atoms with E-state index in [0.717, 1.165) is 37.7 Å². The molecule has 1 fully saturated rings. The molecule has 1 unspecified atom stereocenters. The summed E-state index contributed by atoms with van der Waals surface area (Å²) in [5.74, 6) is 1.51. The summed E-state index contributed by atoms with van der Waals surface area (Å²) in [6.45, 7) is 6.35. The quantitative estimate of drug-likeness (QED) is 0.758. The molecule has 0 radical (unpaired) electrons. The fourth-order valence-electron chi connectivity index (χ4n) is 1.83. The highest BCUT2D eigenvalue weighted by atomic mass is 16.5. The molecule has 4 heteroatoms. The Labute approximate surface area is 102 Å². The third-order valence-corrected chi connectivity index (χ3v) is 2.89. The summed E-state index contributed by atoms with van der Waals surface area (Å²) in [5, 5.41) is 3.38. The first kappa shape index (κ1) is 12.3. The lowest BCUT2D eigenvalue weighted by atomic mass is 10.1. The van der Waals surface area contributed by atoms with Crippen LogP contribution < -0.4 is 10.1 Å². The monoisotopic (exact) mass is 236 g/mol. The van der Waals surface area contributed by atoms with Gasteiger partial charge in [0.15, 0.2) is 0 Å². The highest BCUT2D eigenvalue weighted by Gasteiger charge is 2.14. The molecule has 1 atom stereocenters. The number of hydrogen-bond acceptors (Lipinski definition) is 4. The van der Waals surface area contributed by atoms with Crippen LogP contribution >= 0.6 is 0 Å². The maximum atomic E-state index is 5.57. The van der Waals surface area contributed by atoms with Gasteiger partial charge in [-0.3, -0.25) is 4.98 Å². The van der Waals surface area contributed by atoms with Gasteiger partial charge in [0.05, 0.1) is 12.8 Å². The van der Waals surface area contributed by atoms with Crippen LogP contribution in [-0.2, 0) is 4.74 Å². The van der Waals surface area contributed by atoms with Crippen LogP contribution in [0, 0.1) is 12.8 Å². The lowest BCUT2D eigenvalue weighted by molar-refractivity contribution is 0.185. The number of rotatable bonds is 6. The number of hydrogen-bond donors (Lipinski definition) is 1. The van der Waals surface area contributed by atoms with Gasteiger partial charge in [0.25, 0.3) is 0 Å². The van der Waals surface area contributed by atoms with Crippen molar-refractivity contribution in [3.63, 3.8) is 0 Å². The normalized spacial score (nSPS) is 19.5. The Balaban J connectivity index is 1.55. The number of nitrogens with zero attached hydrogens (tertiary/aromatic N) is 1. The number of ether oxygens (including phenoxy) is 2. The molecule has 0 aromatic carbocycles. The SMILES string of the molecule is Cc1ccc(OCCNCC2CCOC2)cn1. The second-order valence-corrected chi connectivity index (χ2v) is 4.42. The van der Waals surface area contributed by atoms with E-state index >= 15 is 0 Å². The van der Waals surface area contributed by atoms with E-state index in [9.17, 15) is 0 Å². The summed E-state index contributed by atoms with van der Waals surface area (Å²) in [6, 6.07) is 3.91. The minimum absolute atomic E-state index is 0.677. The molecule has 1 aliphatic rings. The highest BCUT2D eigenvalue weighted by Crippen LogP contribution is 2.10. The molecule has 0 saturated carbocycles. The molecule has 2 rings (SSSR count). The molecule has 94 valence electrons.